The summed E-state index contributed by atoms with van der Waals surface area (Å²) in [6.45, 7) is 7.00. The molecule has 0 fully saturated rings. The highest BCUT2D eigenvalue weighted by molar-refractivity contribution is 6.01. The first-order valence-corrected chi connectivity index (χ1v) is 14.7. The zero-order chi connectivity index (χ0) is 33.0. The molecule has 0 heterocycles. The van der Waals surface area contributed by atoms with Gasteiger partial charge in [-0.25, -0.2) is 4.39 Å². The number of aliphatic carboxylic acids is 1. The molecule has 3 aromatic rings. The Bertz CT molecular complexity index is 1470. The summed E-state index contributed by atoms with van der Waals surface area (Å²) < 4.78 is 20.4. The predicted molar refractivity (Wildman–Crippen MR) is 170 cm³/mol. The smallest absolute Gasteiger partial charge is 0.303 e. The van der Waals surface area contributed by atoms with Crippen LogP contribution in [0.5, 0.6) is 5.75 Å². The van der Waals surface area contributed by atoms with Crippen LogP contribution in [0.15, 0.2) is 66.7 Å². The molecule has 0 saturated carbocycles. The molecule has 10 nitrogen and oxygen atoms in total. The minimum Gasteiger partial charge on any atom is -0.492 e. The zero-order valence-electron chi connectivity index (χ0n) is 26.0. The Morgan fingerprint density at radius 3 is 2.20 bits per heavy atom. The molecule has 0 spiro atoms. The van der Waals surface area contributed by atoms with E-state index in [2.05, 4.69) is 21.3 Å². The van der Waals surface area contributed by atoms with E-state index in [1.807, 2.05) is 27.8 Å². The molecule has 11 heteroatoms. The molecular formula is C34H41FN4O6. The van der Waals surface area contributed by atoms with Crippen LogP contribution in [0, 0.1) is 11.2 Å². The summed E-state index contributed by atoms with van der Waals surface area (Å²) in [5, 5.41) is 20.1. The first kappa shape index (κ1) is 34.7. The number of ether oxygens (including phenoxy) is 1. The Hall–Kier alpha value is -4.77. The fourth-order valence-electron chi connectivity index (χ4n) is 4.41. The van der Waals surface area contributed by atoms with Crippen molar-refractivity contribution in [3.05, 3.63) is 94.8 Å². The molecule has 0 aliphatic carbocycles. The van der Waals surface area contributed by atoms with Crippen LogP contribution in [-0.2, 0) is 22.6 Å². The SMILES string of the molecule is CNCCOc1ccc(C(=O)NCc2ccc(F)c(C(=O)N[C@@H](CC(C)(C)C)C(=O)Nc3ccc(CCC(=O)O)cc3)c2)cc1. The fourth-order valence-corrected chi connectivity index (χ4v) is 4.41. The van der Waals surface area contributed by atoms with Crippen LogP contribution in [0.2, 0.25) is 0 Å². The summed E-state index contributed by atoms with van der Waals surface area (Å²) in [6.07, 6.45) is 0.634. The van der Waals surface area contributed by atoms with E-state index in [4.69, 9.17) is 9.84 Å². The minimum atomic E-state index is -0.975. The minimum absolute atomic E-state index is 0.00319. The quantitative estimate of drug-likeness (QED) is 0.157. The number of carboxylic acid groups (broad SMARTS) is 1. The van der Waals surface area contributed by atoms with Crippen molar-refractivity contribution in [1.29, 1.82) is 0 Å². The zero-order valence-corrected chi connectivity index (χ0v) is 26.0. The van der Waals surface area contributed by atoms with Gasteiger partial charge in [-0.05, 0) is 85.0 Å². The molecule has 0 aliphatic heterocycles. The maximum atomic E-state index is 14.8. The van der Waals surface area contributed by atoms with Crippen molar-refractivity contribution in [3.63, 3.8) is 0 Å². The van der Waals surface area contributed by atoms with Gasteiger partial charge in [-0.1, -0.05) is 39.0 Å². The van der Waals surface area contributed by atoms with E-state index < -0.39 is 29.6 Å². The Morgan fingerprint density at radius 2 is 1.58 bits per heavy atom. The molecule has 240 valence electrons. The number of likely N-dealkylation sites (N-methyl/N-ethyl adjacent to an activating group) is 1. The Labute approximate surface area is 262 Å². The summed E-state index contributed by atoms with van der Waals surface area (Å²) >= 11 is 0. The van der Waals surface area contributed by atoms with Gasteiger partial charge in [0.1, 0.15) is 24.2 Å². The van der Waals surface area contributed by atoms with Crippen LogP contribution in [0.25, 0.3) is 0 Å². The van der Waals surface area contributed by atoms with Crippen molar-refractivity contribution in [1.82, 2.24) is 16.0 Å². The highest BCUT2D eigenvalue weighted by Gasteiger charge is 2.28. The average molecular weight is 621 g/mol. The van der Waals surface area contributed by atoms with Gasteiger partial charge in [0.05, 0.1) is 5.56 Å². The second kappa shape index (κ2) is 16.3. The third-order valence-corrected chi connectivity index (χ3v) is 6.75. The van der Waals surface area contributed by atoms with E-state index in [1.54, 1.807) is 48.5 Å². The molecule has 0 aliphatic rings. The number of anilines is 1. The number of amides is 3. The standard InChI is InChI=1S/C34H41FN4O6/c1-34(2,3)20-29(33(44)38-25-11-5-22(6-12-25)8-16-30(40)41)39-32(43)27-19-23(7-15-28(27)35)21-37-31(42)24-9-13-26(14-10-24)45-18-17-36-4/h5-7,9-15,19,29,36H,8,16-18,20-21H2,1-4H3,(H,37,42)(H,38,44)(H,39,43)(H,40,41)/t29-/m0/s1. The van der Waals surface area contributed by atoms with Gasteiger partial charge in [0.25, 0.3) is 11.8 Å². The van der Waals surface area contributed by atoms with Crippen LogP contribution < -0.4 is 26.0 Å². The van der Waals surface area contributed by atoms with Gasteiger partial charge in [-0.2, -0.15) is 0 Å². The number of hydrogen-bond acceptors (Lipinski definition) is 6. The summed E-state index contributed by atoms with van der Waals surface area (Å²) in [4.78, 5) is 50.0. The molecule has 0 aromatic heterocycles. The first-order valence-electron chi connectivity index (χ1n) is 14.7. The predicted octanol–water partition coefficient (Wildman–Crippen LogP) is 4.54. The number of carbonyl (C=O) groups is 4. The van der Waals surface area contributed by atoms with Crippen LogP contribution in [0.3, 0.4) is 0 Å². The van der Waals surface area contributed by atoms with Crippen LogP contribution >= 0.6 is 0 Å². The second-order valence-corrected chi connectivity index (χ2v) is 11.8. The van der Waals surface area contributed by atoms with E-state index in [-0.39, 0.29) is 36.3 Å². The van der Waals surface area contributed by atoms with E-state index >= 15 is 0 Å². The van der Waals surface area contributed by atoms with Gasteiger partial charge < -0.3 is 31.1 Å². The summed E-state index contributed by atoms with van der Waals surface area (Å²) in [7, 11) is 1.83. The van der Waals surface area contributed by atoms with Crippen molar-refractivity contribution in [2.45, 2.75) is 52.6 Å². The molecule has 0 unspecified atom stereocenters. The molecule has 0 bridgehead atoms. The number of rotatable bonds is 15. The number of aryl methyl sites for hydroxylation is 1. The summed E-state index contributed by atoms with van der Waals surface area (Å²) in [5.74, 6) is -2.60. The number of halogens is 1. The van der Waals surface area contributed by atoms with Gasteiger partial charge >= 0.3 is 5.97 Å². The van der Waals surface area contributed by atoms with Crippen molar-refractivity contribution >= 4 is 29.4 Å². The topological polar surface area (TPSA) is 146 Å². The number of nitrogens with one attached hydrogen (secondary N) is 4. The molecule has 3 amide bonds. The lowest BCUT2D eigenvalue weighted by Gasteiger charge is -2.26. The number of hydrogen-bond donors (Lipinski definition) is 5. The van der Waals surface area contributed by atoms with Gasteiger partial charge in [0.15, 0.2) is 0 Å². The summed E-state index contributed by atoms with van der Waals surface area (Å²) in [6, 6.07) is 16.5. The van der Waals surface area contributed by atoms with Gasteiger partial charge in [0, 0.05) is 30.8 Å². The maximum absolute atomic E-state index is 14.8. The third-order valence-electron chi connectivity index (χ3n) is 6.75. The average Bonchev–Trinajstić information content (AvgIpc) is 2.99. The number of carbonyl (C=O) groups excluding carboxylic acids is 3. The van der Waals surface area contributed by atoms with Crippen LogP contribution in [0.1, 0.15) is 65.5 Å². The largest absolute Gasteiger partial charge is 0.492 e. The van der Waals surface area contributed by atoms with Crippen molar-refractivity contribution < 1.29 is 33.4 Å². The molecule has 1 atom stereocenters. The Kier molecular flexibility index (Phi) is 12.6. The third kappa shape index (κ3) is 11.7. The lowest BCUT2D eigenvalue weighted by Crippen LogP contribution is -2.46. The van der Waals surface area contributed by atoms with Crippen molar-refractivity contribution in [2.24, 2.45) is 5.41 Å². The van der Waals surface area contributed by atoms with Crippen LogP contribution in [0.4, 0.5) is 10.1 Å². The first-order chi connectivity index (χ1) is 21.3. The van der Waals surface area contributed by atoms with Gasteiger partial charge in [-0.3, -0.25) is 19.2 Å². The number of carboxylic acids is 1. The second-order valence-electron chi connectivity index (χ2n) is 11.8. The molecule has 0 radical (unpaired) electrons. The van der Waals surface area contributed by atoms with E-state index in [0.29, 0.717) is 42.1 Å². The fraction of sp³-hybridized carbons (Fsp3) is 0.353. The molecule has 45 heavy (non-hydrogen) atoms. The lowest BCUT2D eigenvalue weighted by atomic mass is 9.87. The van der Waals surface area contributed by atoms with Gasteiger partial charge in [0.2, 0.25) is 5.91 Å². The van der Waals surface area contributed by atoms with Crippen LogP contribution in [-0.4, -0.2) is 55.0 Å². The molecular weight excluding hydrogens is 579 g/mol. The monoisotopic (exact) mass is 620 g/mol. The Balaban J connectivity index is 1.65. The molecule has 0 saturated heterocycles. The Morgan fingerprint density at radius 1 is 0.911 bits per heavy atom. The summed E-state index contributed by atoms with van der Waals surface area (Å²) in [5.41, 5.74) is 1.61. The van der Waals surface area contributed by atoms with E-state index in [1.165, 1.54) is 12.1 Å². The molecule has 3 aromatic carbocycles. The van der Waals surface area contributed by atoms with Crippen molar-refractivity contribution in [2.75, 3.05) is 25.5 Å². The lowest BCUT2D eigenvalue weighted by molar-refractivity contribution is -0.137. The van der Waals surface area contributed by atoms with E-state index in [9.17, 15) is 23.6 Å². The van der Waals surface area contributed by atoms with E-state index in [0.717, 1.165) is 11.6 Å². The van der Waals surface area contributed by atoms with Gasteiger partial charge in [-0.15, -0.1) is 0 Å². The number of benzene rings is 3. The maximum Gasteiger partial charge on any atom is 0.303 e. The highest BCUT2D eigenvalue weighted by atomic mass is 19.1. The van der Waals surface area contributed by atoms with Crippen molar-refractivity contribution in [3.8, 4) is 5.75 Å². The highest BCUT2D eigenvalue weighted by Crippen LogP contribution is 2.23. The molecule has 5 N–H and O–H groups in total. The normalized spacial score (nSPS) is 11.8. The molecule has 3 rings (SSSR count).